The zero-order chi connectivity index (χ0) is 11.8. The quantitative estimate of drug-likeness (QED) is 0.750. The van der Waals surface area contributed by atoms with Crippen molar-refractivity contribution in [3.8, 4) is 0 Å². The van der Waals surface area contributed by atoms with Gasteiger partial charge in [0, 0.05) is 6.42 Å². The molecular formula is C13H19NO2. The summed E-state index contributed by atoms with van der Waals surface area (Å²) in [6.07, 6.45) is 1.34. The third-order valence-corrected chi connectivity index (χ3v) is 2.23. The maximum Gasteiger partial charge on any atom is 0.324 e. The summed E-state index contributed by atoms with van der Waals surface area (Å²) in [6, 6.07) is 9.83. The molecule has 3 nitrogen and oxygen atoms in total. The van der Waals surface area contributed by atoms with Crippen molar-refractivity contribution in [2.75, 3.05) is 0 Å². The molecule has 1 aromatic rings. The zero-order valence-corrected chi connectivity index (χ0v) is 9.90. The van der Waals surface area contributed by atoms with Gasteiger partial charge in [0.1, 0.15) is 0 Å². The highest BCUT2D eigenvalue weighted by atomic mass is 16.7. The predicted molar refractivity (Wildman–Crippen MR) is 63.4 cm³/mol. The number of carbonyl (C=O) groups excluding carboxylic acids is 1. The van der Waals surface area contributed by atoms with Crippen LogP contribution in [-0.4, -0.2) is 5.97 Å². The molecule has 1 aromatic carbocycles. The lowest BCUT2D eigenvalue weighted by atomic mass is 10.1. The second kappa shape index (κ2) is 7.01. The highest BCUT2D eigenvalue weighted by Crippen LogP contribution is 2.04. The van der Waals surface area contributed by atoms with Gasteiger partial charge in [-0.15, -0.1) is 5.48 Å². The molecule has 0 fully saturated rings. The number of hydrogen-bond donors (Lipinski definition) is 1. The van der Waals surface area contributed by atoms with Crippen LogP contribution in [0.25, 0.3) is 0 Å². The van der Waals surface area contributed by atoms with Gasteiger partial charge in [0.2, 0.25) is 0 Å². The smallest absolute Gasteiger partial charge is 0.324 e. The van der Waals surface area contributed by atoms with Crippen molar-refractivity contribution in [3.05, 3.63) is 35.9 Å². The van der Waals surface area contributed by atoms with Crippen molar-refractivity contribution in [2.45, 2.75) is 33.2 Å². The SMILES string of the molecule is CC(C)CCC(=O)ONCc1ccccc1. The van der Waals surface area contributed by atoms with E-state index in [1.54, 1.807) is 0 Å². The lowest BCUT2D eigenvalue weighted by molar-refractivity contribution is -0.151. The first-order chi connectivity index (χ1) is 7.68. The Kier molecular flexibility index (Phi) is 5.57. The fourth-order valence-corrected chi connectivity index (χ4v) is 1.25. The normalized spacial score (nSPS) is 10.4. The number of hydroxylamine groups is 1. The Hall–Kier alpha value is -1.35. The van der Waals surface area contributed by atoms with Gasteiger partial charge in [-0.05, 0) is 17.9 Å². The van der Waals surface area contributed by atoms with Crippen LogP contribution in [0.4, 0.5) is 0 Å². The van der Waals surface area contributed by atoms with Crippen LogP contribution in [0, 0.1) is 5.92 Å². The minimum absolute atomic E-state index is 0.190. The second-order valence-electron chi connectivity index (χ2n) is 4.21. The summed E-state index contributed by atoms with van der Waals surface area (Å²) < 4.78 is 0. The molecule has 1 rings (SSSR count). The maximum atomic E-state index is 11.3. The minimum atomic E-state index is -0.190. The van der Waals surface area contributed by atoms with Crippen LogP contribution in [-0.2, 0) is 16.2 Å². The lowest BCUT2D eigenvalue weighted by Crippen LogP contribution is -2.19. The number of nitrogens with one attached hydrogen (secondary N) is 1. The topological polar surface area (TPSA) is 38.3 Å². The van der Waals surface area contributed by atoms with Crippen molar-refractivity contribution in [1.29, 1.82) is 0 Å². The Morgan fingerprint density at radius 3 is 2.62 bits per heavy atom. The van der Waals surface area contributed by atoms with E-state index in [0.29, 0.717) is 18.9 Å². The molecule has 0 aliphatic heterocycles. The van der Waals surface area contributed by atoms with Crippen molar-refractivity contribution in [1.82, 2.24) is 5.48 Å². The zero-order valence-electron chi connectivity index (χ0n) is 9.90. The Morgan fingerprint density at radius 1 is 1.31 bits per heavy atom. The Labute approximate surface area is 96.8 Å². The third-order valence-electron chi connectivity index (χ3n) is 2.23. The summed E-state index contributed by atoms with van der Waals surface area (Å²) in [6.45, 7) is 4.73. The predicted octanol–water partition coefficient (Wildman–Crippen LogP) is 2.67. The van der Waals surface area contributed by atoms with E-state index in [-0.39, 0.29) is 5.97 Å². The van der Waals surface area contributed by atoms with Gasteiger partial charge in [-0.3, -0.25) is 4.79 Å². The first-order valence-electron chi connectivity index (χ1n) is 5.65. The van der Waals surface area contributed by atoms with Crippen LogP contribution in [0.15, 0.2) is 30.3 Å². The van der Waals surface area contributed by atoms with Crippen LogP contribution in [0.3, 0.4) is 0 Å². The molecule has 0 unspecified atom stereocenters. The summed E-state index contributed by atoms with van der Waals surface area (Å²) in [7, 11) is 0. The highest BCUT2D eigenvalue weighted by Gasteiger charge is 2.04. The summed E-state index contributed by atoms with van der Waals surface area (Å²) in [5.41, 5.74) is 3.77. The molecule has 0 amide bonds. The van der Waals surface area contributed by atoms with Gasteiger partial charge in [0.15, 0.2) is 0 Å². The van der Waals surface area contributed by atoms with E-state index in [1.807, 2.05) is 30.3 Å². The van der Waals surface area contributed by atoms with Crippen molar-refractivity contribution in [2.24, 2.45) is 5.92 Å². The molecular weight excluding hydrogens is 202 g/mol. The number of hydrogen-bond acceptors (Lipinski definition) is 3. The maximum absolute atomic E-state index is 11.3. The molecule has 16 heavy (non-hydrogen) atoms. The van der Waals surface area contributed by atoms with Crippen LogP contribution in [0.2, 0.25) is 0 Å². The summed E-state index contributed by atoms with van der Waals surface area (Å²) >= 11 is 0. The molecule has 0 saturated carbocycles. The minimum Gasteiger partial charge on any atom is -0.370 e. The van der Waals surface area contributed by atoms with E-state index >= 15 is 0 Å². The molecule has 0 spiro atoms. The monoisotopic (exact) mass is 221 g/mol. The van der Waals surface area contributed by atoms with Crippen molar-refractivity contribution < 1.29 is 9.63 Å². The van der Waals surface area contributed by atoms with E-state index in [0.717, 1.165) is 12.0 Å². The molecule has 0 aliphatic carbocycles. The van der Waals surface area contributed by atoms with Gasteiger partial charge >= 0.3 is 5.97 Å². The fraction of sp³-hybridized carbons (Fsp3) is 0.462. The van der Waals surface area contributed by atoms with Gasteiger partial charge < -0.3 is 4.84 Å². The molecule has 0 aromatic heterocycles. The Bertz CT molecular complexity index is 309. The molecule has 0 bridgehead atoms. The van der Waals surface area contributed by atoms with Gasteiger partial charge in [-0.25, -0.2) is 0 Å². The Morgan fingerprint density at radius 2 is 2.00 bits per heavy atom. The largest absolute Gasteiger partial charge is 0.370 e. The van der Waals surface area contributed by atoms with Gasteiger partial charge in [0.25, 0.3) is 0 Å². The molecule has 0 atom stereocenters. The highest BCUT2D eigenvalue weighted by molar-refractivity contribution is 5.68. The lowest BCUT2D eigenvalue weighted by Gasteiger charge is -2.06. The van der Waals surface area contributed by atoms with Crippen molar-refractivity contribution in [3.63, 3.8) is 0 Å². The number of benzene rings is 1. The average Bonchev–Trinajstić information content (AvgIpc) is 2.28. The molecule has 0 heterocycles. The fourth-order valence-electron chi connectivity index (χ4n) is 1.25. The molecule has 88 valence electrons. The summed E-state index contributed by atoms with van der Waals surface area (Å²) in [5, 5.41) is 0. The van der Waals surface area contributed by atoms with Gasteiger partial charge in [-0.2, -0.15) is 0 Å². The second-order valence-corrected chi connectivity index (χ2v) is 4.21. The first kappa shape index (κ1) is 12.7. The van der Waals surface area contributed by atoms with Gasteiger partial charge in [-0.1, -0.05) is 44.2 Å². The standard InChI is InChI=1S/C13H19NO2/c1-11(2)8-9-13(15)16-14-10-12-6-4-3-5-7-12/h3-7,11,14H,8-10H2,1-2H3. The van der Waals surface area contributed by atoms with Crippen LogP contribution in [0.1, 0.15) is 32.3 Å². The Balaban J connectivity index is 2.13. The average molecular weight is 221 g/mol. The number of rotatable bonds is 6. The first-order valence-corrected chi connectivity index (χ1v) is 5.65. The molecule has 1 N–H and O–H groups in total. The van der Waals surface area contributed by atoms with E-state index in [1.165, 1.54) is 0 Å². The van der Waals surface area contributed by atoms with E-state index in [4.69, 9.17) is 4.84 Å². The van der Waals surface area contributed by atoms with E-state index in [2.05, 4.69) is 19.3 Å². The van der Waals surface area contributed by atoms with Crippen LogP contribution < -0.4 is 5.48 Å². The number of carbonyl (C=O) groups is 1. The summed E-state index contributed by atoms with van der Waals surface area (Å²) in [4.78, 5) is 16.2. The van der Waals surface area contributed by atoms with Crippen molar-refractivity contribution >= 4 is 5.97 Å². The van der Waals surface area contributed by atoms with Gasteiger partial charge in [0.05, 0.1) is 6.54 Å². The van der Waals surface area contributed by atoms with Crippen LogP contribution >= 0.6 is 0 Å². The molecule has 0 saturated heterocycles. The molecule has 0 radical (unpaired) electrons. The summed E-state index contributed by atoms with van der Waals surface area (Å²) in [5.74, 6) is 0.339. The van der Waals surface area contributed by atoms with E-state index in [9.17, 15) is 4.79 Å². The molecule has 3 heteroatoms. The van der Waals surface area contributed by atoms with Crippen LogP contribution in [0.5, 0.6) is 0 Å². The van der Waals surface area contributed by atoms with E-state index < -0.39 is 0 Å². The molecule has 0 aliphatic rings. The third kappa shape index (κ3) is 5.51.